The molecule has 1 fully saturated rings. The monoisotopic (exact) mass is 548 g/mol. The van der Waals surface area contributed by atoms with Crippen molar-refractivity contribution in [3.63, 3.8) is 0 Å². The number of hydrogen-bond acceptors (Lipinski definition) is 6. The second-order valence-corrected chi connectivity index (χ2v) is 10.4. The first-order valence-electron chi connectivity index (χ1n) is 13.6. The molecule has 5 rings (SSSR count). The number of benzene rings is 2. The number of H-pyrrole nitrogens is 1. The van der Waals surface area contributed by atoms with Gasteiger partial charge in [-0.25, -0.2) is 9.78 Å². The van der Waals surface area contributed by atoms with Crippen LogP contribution in [0.15, 0.2) is 30.3 Å². The largest absolute Gasteiger partial charge is 0.497 e. The summed E-state index contributed by atoms with van der Waals surface area (Å²) in [6.45, 7) is 5.38. The number of methoxy groups -OCH3 is 2. The first-order chi connectivity index (χ1) is 19.3. The number of ether oxygens (including phenoxy) is 2. The van der Waals surface area contributed by atoms with E-state index in [-0.39, 0.29) is 36.5 Å². The number of hydrogen-bond donors (Lipinski definition) is 3. The van der Waals surface area contributed by atoms with Crippen LogP contribution in [0, 0.1) is 6.92 Å². The molecule has 2 aliphatic rings. The fourth-order valence-corrected chi connectivity index (χ4v) is 5.45. The van der Waals surface area contributed by atoms with Crippen molar-refractivity contribution in [1.82, 2.24) is 25.1 Å². The maximum Gasteiger partial charge on any atom is 0.322 e. The number of aromatic nitrogens is 2. The first-order valence-corrected chi connectivity index (χ1v) is 13.6. The standard InChI is InChI=1S/C29H36N6O5/c1-17-13-20(15-24-26(17)33-27(31-24)18(2)39-3)28(37)30-16-25(36)34-10-8-21(9-11-34)35-12-7-19-14-22(40-4)5-6-23(19)32-29(35)38/h5-6,13-15,18,21H,7-12,16H2,1-4H3,(H,30,37)(H,31,33)(H,32,38). The van der Waals surface area contributed by atoms with Crippen LogP contribution < -0.4 is 15.4 Å². The van der Waals surface area contributed by atoms with Crippen molar-refractivity contribution in [2.75, 3.05) is 45.7 Å². The molecule has 212 valence electrons. The summed E-state index contributed by atoms with van der Waals surface area (Å²) in [7, 11) is 3.25. The molecule has 1 unspecified atom stereocenters. The van der Waals surface area contributed by atoms with Crippen molar-refractivity contribution in [3.05, 3.63) is 52.8 Å². The second kappa shape index (κ2) is 11.5. The molecule has 1 saturated heterocycles. The van der Waals surface area contributed by atoms with Gasteiger partial charge in [0.05, 0.1) is 24.7 Å². The summed E-state index contributed by atoms with van der Waals surface area (Å²) in [4.78, 5) is 50.2. The lowest BCUT2D eigenvalue weighted by molar-refractivity contribution is -0.131. The Bertz CT molecular complexity index is 1430. The van der Waals surface area contributed by atoms with Crippen LogP contribution in [0.4, 0.5) is 10.5 Å². The van der Waals surface area contributed by atoms with E-state index in [1.807, 2.05) is 36.9 Å². The molecule has 2 aliphatic heterocycles. The Labute approximate surface area is 233 Å². The number of likely N-dealkylation sites (tertiary alicyclic amines) is 1. The smallest absolute Gasteiger partial charge is 0.322 e. The summed E-state index contributed by atoms with van der Waals surface area (Å²) >= 11 is 0. The molecule has 40 heavy (non-hydrogen) atoms. The van der Waals surface area contributed by atoms with Crippen molar-refractivity contribution in [2.24, 2.45) is 0 Å². The van der Waals surface area contributed by atoms with E-state index < -0.39 is 0 Å². The molecule has 11 heteroatoms. The Morgan fingerprint density at radius 2 is 1.93 bits per heavy atom. The molecule has 4 amide bonds. The summed E-state index contributed by atoms with van der Waals surface area (Å²) in [5, 5.41) is 5.78. The Balaban J connectivity index is 1.14. The van der Waals surface area contributed by atoms with Gasteiger partial charge in [-0.2, -0.15) is 0 Å². The fraction of sp³-hybridized carbons (Fsp3) is 0.448. The van der Waals surface area contributed by atoms with Crippen LogP contribution in [0.1, 0.15) is 53.2 Å². The molecule has 0 aliphatic carbocycles. The number of nitrogens with one attached hydrogen (secondary N) is 3. The number of imidazole rings is 1. The van der Waals surface area contributed by atoms with E-state index in [1.165, 1.54) is 0 Å². The zero-order valence-corrected chi connectivity index (χ0v) is 23.4. The maximum absolute atomic E-state index is 13.0. The number of fused-ring (bicyclic) bond motifs is 2. The van der Waals surface area contributed by atoms with Gasteiger partial charge in [-0.05, 0) is 74.6 Å². The number of aromatic amines is 1. The number of piperidine rings is 1. The molecular formula is C29H36N6O5. The molecule has 3 N–H and O–H groups in total. The molecule has 0 spiro atoms. The molecule has 2 aromatic carbocycles. The second-order valence-electron chi connectivity index (χ2n) is 10.4. The van der Waals surface area contributed by atoms with Gasteiger partial charge in [0.1, 0.15) is 17.7 Å². The van der Waals surface area contributed by atoms with E-state index in [1.54, 1.807) is 31.3 Å². The third-order valence-electron chi connectivity index (χ3n) is 7.89. The maximum atomic E-state index is 13.0. The van der Waals surface area contributed by atoms with Gasteiger partial charge in [0.2, 0.25) is 5.91 Å². The lowest BCUT2D eigenvalue weighted by Crippen LogP contribution is -2.51. The predicted molar refractivity (Wildman–Crippen MR) is 151 cm³/mol. The number of rotatable bonds is 7. The van der Waals surface area contributed by atoms with Crippen LogP contribution in [0.5, 0.6) is 5.75 Å². The molecule has 0 saturated carbocycles. The Kier molecular flexibility index (Phi) is 7.92. The Morgan fingerprint density at radius 3 is 2.65 bits per heavy atom. The third-order valence-corrected chi connectivity index (χ3v) is 7.89. The lowest BCUT2D eigenvalue weighted by atomic mass is 10.0. The van der Waals surface area contributed by atoms with E-state index >= 15 is 0 Å². The van der Waals surface area contributed by atoms with Gasteiger partial charge in [0.25, 0.3) is 5.91 Å². The van der Waals surface area contributed by atoms with E-state index in [0.29, 0.717) is 43.9 Å². The van der Waals surface area contributed by atoms with Crippen LogP contribution >= 0.6 is 0 Å². The van der Waals surface area contributed by atoms with Gasteiger partial charge in [-0.15, -0.1) is 0 Å². The molecule has 0 radical (unpaired) electrons. The fourth-order valence-electron chi connectivity index (χ4n) is 5.45. The predicted octanol–water partition coefficient (Wildman–Crippen LogP) is 3.40. The summed E-state index contributed by atoms with van der Waals surface area (Å²) in [5.41, 5.74) is 4.71. The minimum atomic E-state index is -0.318. The topological polar surface area (TPSA) is 129 Å². The van der Waals surface area contributed by atoms with Gasteiger partial charge in [-0.3, -0.25) is 9.59 Å². The van der Waals surface area contributed by atoms with Crippen molar-refractivity contribution in [3.8, 4) is 5.75 Å². The summed E-state index contributed by atoms with van der Waals surface area (Å²) in [5.74, 6) is 1.01. The van der Waals surface area contributed by atoms with Gasteiger partial charge < -0.3 is 34.9 Å². The Hall–Kier alpha value is -4.12. The van der Waals surface area contributed by atoms with E-state index in [9.17, 15) is 14.4 Å². The van der Waals surface area contributed by atoms with Gasteiger partial charge in [0, 0.05) is 44.0 Å². The van der Waals surface area contributed by atoms with Crippen LogP contribution in [-0.2, 0) is 16.0 Å². The SMILES string of the molecule is COc1ccc2c(c1)CCN(C1CCN(C(=O)CNC(=O)c3cc(C)c4nc(C(C)OC)[nH]c4c3)CC1)C(=O)N2. The average Bonchev–Trinajstić information content (AvgIpc) is 3.34. The van der Waals surface area contributed by atoms with Crippen LogP contribution in [-0.4, -0.2) is 84.1 Å². The molecule has 0 bridgehead atoms. The van der Waals surface area contributed by atoms with E-state index in [0.717, 1.165) is 40.0 Å². The molecule has 1 atom stereocenters. The minimum absolute atomic E-state index is 0.0460. The Morgan fingerprint density at radius 1 is 1.15 bits per heavy atom. The number of carbonyl (C=O) groups is 3. The van der Waals surface area contributed by atoms with E-state index in [4.69, 9.17) is 9.47 Å². The highest BCUT2D eigenvalue weighted by atomic mass is 16.5. The van der Waals surface area contributed by atoms with Crippen molar-refractivity contribution in [1.29, 1.82) is 0 Å². The normalized spacial score (nSPS) is 16.8. The van der Waals surface area contributed by atoms with Gasteiger partial charge in [-0.1, -0.05) is 0 Å². The molecular weight excluding hydrogens is 512 g/mol. The van der Waals surface area contributed by atoms with Crippen LogP contribution in [0.25, 0.3) is 11.0 Å². The number of urea groups is 1. The highest BCUT2D eigenvalue weighted by molar-refractivity contribution is 5.99. The molecule has 3 aromatic rings. The van der Waals surface area contributed by atoms with Crippen molar-refractivity contribution >= 4 is 34.6 Å². The number of carbonyl (C=O) groups excluding carboxylic acids is 3. The lowest BCUT2D eigenvalue weighted by Gasteiger charge is -2.38. The van der Waals surface area contributed by atoms with Crippen molar-refractivity contribution in [2.45, 2.75) is 45.3 Å². The molecule has 1 aromatic heterocycles. The van der Waals surface area contributed by atoms with Crippen LogP contribution in [0.3, 0.4) is 0 Å². The summed E-state index contributed by atoms with van der Waals surface area (Å²) < 4.78 is 10.7. The zero-order chi connectivity index (χ0) is 28.4. The van der Waals surface area contributed by atoms with E-state index in [2.05, 4.69) is 20.6 Å². The number of anilines is 1. The molecule has 3 heterocycles. The number of amides is 4. The quantitative estimate of drug-likeness (QED) is 0.415. The minimum Gasteiger partial charge on any atom is -0.497 e. The highest BCUT2D eigenvalue weighted by Crippen LogP contribution is 2.28. The van der Waals surface area contributed by atoms with Gasteiger partial charge in [0.15, 0.2) is 0 Å². The molecule has 11 nitrogen and oxygen atoms in total. The highest BCUT2D eigenvalue weighted by Gasteiger charge is 2.31. The number of nitrogens with zero attached hydrogens (tertiary/aromatic N) is 3. The van der Waals surface area contributed by atoms with Crippen LogP contribution in [0.2, 0.25) is 0 Å². The zero-order valence-electron chi connectivity index (χ0n) is 23.4. The van der Waals surface area contributed by atoms with Gasteiger partial charge >= 0.3 is 6.03 Å². The third kappa shape index (κ3) is 5.60. The summed E-state index contributed by atoms with van der Waals surface area (Å²) in [6, 6.07) is 9.12. The summed E-state index contributed by atoms with van der Waals surface area (Å²) in [6.07, 6.45) is 1.91. The van der Waals surface area contributed by atoms with Crippen molar-refractivity contribution < 1.29 is 23.9 Å². The first kappa shape index (κ1) is 27.4. The average molecular weight is 549 g/mol. The number of aryl methyl sites for hydroxylation is 1.